The van der Waals surface area contributed by atoms with Crippen molar-refractivity contribution in [1.82, 2.24) is 4.90 Å². The van der Waals surface area contributed by atoms with Crippen molar-refractivity contribution in [1.29, 1.82) is 0 Å². The summed E-state index contributed by atoms with van der Waals surface area (Å²) < 4.78 is 10.5. The molecule has 0 radical (unpaired) electrons. The van der Waals surface area contributed by atoms with Gasteiger partial charge in [-0.3, -0.25) is 4.79 Å². The third-order valence-electron chi connectivity index (χ3n) is 2.97. The van der Waals surface area contributed by atoms with E-state index < -0.39 is 0 Å². The second-order valence-electron chi connectivity index (χ2n) is 4.10. The van der Waals surface area contributed by atoms with Gasteiger partial charge in [0, 0.05) is 30.2 Å². The molecule has 1 aromatic carbocycles. The molecule has 1 amide bonds. The highest BCUT2D eigenvalue weighted by Gasteiger charge is 2.24. The number of thioether (sulfide) groups is 1. The lowest BCUT2D eigenvalue weighted by Crippen LogP contribution is -2.37. The number of carbonyl (C=O) groups excluding carboxylic acids is 1. The van der Waals surface area contributed by atoms with Crippen LogP contribution in [0, 0.1) is 0 Å². The Morgan fingerprint density at radius 2 is 2.06 bits per heavy atom. The summed E-state index contributed by atoms with van der Waals surface area (Å²) in [5, 5.41) is 0.430. The number of benzene rings is 1. The zero-order valence-corrected chi connectivity index (χ0v) is 11.2. The smallest absolute Gasteiger partial charge is 0.254 e. The molecular formula is C12H12ClNO3S. The standard InChI is InChI=1S/C12H12ClNO3S/c13-9-5-8(6-10-11(9)17-7-16-10)12(15)14-1-3-18-4-2-14/h5-6H,1-4,7H2. The largest absolute Gasteiger partial charge is 0.454 e. The maximum absolute atomic E-state index is 12.3. The number of halogens is 1. The Morgan fingerprint density at radius 1 is 1.28 bits per heavy atom. The number of ether oxygens (including phenoxy) is 2. The van der Waals surface area contributed by atoms with Crippen LogP contribution in [0.25, 0.3) is 0 Å². The summed E-state index contributed by atoms with van der Waals surface area (Å²) in [6.45, 7) is 1.73. The average Bonchev–Trinajstić information content (AvgIpc) is 2.88. The van der Waals surface area contributed by atoms with Crippen LogP contribution in [0.3, 0.4) is 0 Å². The van der Waals surface area contributed by atoms with Crippen LogP contribution >= 0.6 is 23.4 Å². The molecule has 96 valence electrons. The Labute approximate surface area is 114 Å². The molecule has 2 aliphatic heterocycles. The highest BCUT2D eigenvalue weighted by atomic mass is 35.5. The van der Waals surface area contributed by atoms with Gasteiger partial charge < -0.3 is 14.4 Å². The summed E-state index contributed by atoms with van der Waals surface area (Å²) in [4.78, 5) is 14.2. The van der Waals surface area contributed by atoms with Crippen LogP contribution in [0.2, 0.25) is 5.02 Å². The van der Waals surface area contributed by atoms with Crippen LogP contribution in [-0.4, -0.2) is 42.2 Å². The number of hydrogen-bond acceptors (Lipinski definition) is 4. The van der Waals surface area contributed by atoms with Crippen LogP contribution in [0.15, 0.2) is 12.1 Å². The first kappa shape index (κ1) is 12.0. The summed E-state index contributed by atoms with van der Waals surface area (Å²) in [7, 11) is 0. The first-order valence-corrected chi connectivity index (χ1v) is 7.25. The van der Waals surface area contributed by atoms with E-state index in [2.05, 4.69) is 0 Å². The minimum atomic E-state index is 0.00972. The van der Waals surface area contributed by atoms with Gasteiger partial charge in [0.05, 0.1) is 5.02 Å². The fourth-order valence-electron chi connectivity index (χ4n) is 2.04. The molecule has 18 heavy (non-hydrogen) atoms. The number of rotatable bonds is 1. The molecule has 0 unspecified atom stereocenters. The summed E-state index contributed by atoms with van der Waals surface area (Å²) >= 11 is 7.95. The SMILES string of the molecule is O=C(c1cc(Cl)c2c(c1)OCO2)N1CCSCC1. The lowest BCUT2D eigenvalue weighted by atomic mass is 10.1. The van der Waals surface area contributed by atoms with Crippen molar-refractivity contribution in [3.63, 3.8) is 0 Å². The molecule has 2 heterocycles. The van der Waals surface area contributed by atoms with E-state index in [0.717, 1.165) is 24.6 Å². The van der Waals surface area contributed by atoms with Gasteiger partial charge in [-0.25, -0.2) is 0 Å². The van der Waals surface area contributed by atoms with E-state index in [1.807, 2.05) is 16.7 Å². The zero-order chi connectivity index (χ0) is 12.5. The molecule has 2 aliphatic rings. The molecular weight excluding hydrogens is 274 g/mol. The zero-order valence-electron chi connectivity index (χ0n) is 9.65. The summed E-state index contributed by atoms with van der Waals surface area (Å²) in [6, 6.07) is 3.36. The lowest BCUT2D eigenvalue weighted by molar-refractivity contribution is 0.0772. The van der Waals surface area contributed by atoms with Crippen LogP contribution in [0.1, 0.15) is 10.4 Å². The molecule has 6 heteroatoms. The fourth-order valence-corrected chi connectivity index (χ4v) is 3.21. The van der Waals surface area contributed by atoms with E-state index >= 15 is 0 Å². The summed E-state index contributed by atoms with van der Waals surface area (Å²) in [5.74, 6) is 3.07. The van der Waals surface area contributed by atoms with Crippen molar-refractivity contribution in [2.24, 2.45) is 0 Å². The first-order chi connectivity index (χ1) is 8.75. The Balaban J connectivity index is 1.87. The van der Waals surface area contributed by atoms with E-state index in [4.69, 9.17) is 21.1 Å². The Bertz CT molecular complexity index is 488. The number of hydrogen-bond donors (Lipinski definition) is 0. The summed E-state index contributed by atoms with van der Waals surface area (Å²) in [6.07, 6.45) is 0. The van der Waals surface area contributed by atoms with E-state index in [-0.39, 0.29) is 12.7 Å². The number of carbonyl (C=O) groups is 1. The van der Waals surface area contributed by atoms with Gasteiger partial charge in [0.2, 0.25) is 6.79 Å². The summed E-state index contributed by atoms with van der Waals surface area (Å²) in [5.41, 5.74) is 0.566. The van der Waals surface area contributed by atoms with Crippen LogP contribution < -0.4 is 9.47 Å². The molecule has 0 atom stereocenters. The molecule has 4 nitrogen and oxygen atoms in total. The van der Waals surface area contributed by atoms with Crippen LogP contribution in [0.5, 0.6) is 11.5 Å². The molecule has 1 saturated heterocycles. The van der Waals surface area contributed by atoms with Gasteiger partial charge in [0.15, 0.2) is 11.5 Å². The van der Waals surface area contributed by atoms with Crippen molar-refractivity contribution in [3.05, 3.63) is 22.7 Å². The Kier molecular flexibility index (Phi) is 3.26. The van der Waals surface area contributed by atoms with Gasteiger partial charge in [-0.2, -0.15) is 11.8 Å². The molecule has 1 fully saturated rings. The van der Waals surface area contributed by atoms with E-state index in [1.165, 1.54) is 0 Å². The van der Waals surface area contributed by atoms with Gasteiger partial charge >= 0.3 is 0 Å². The highest BCUT2D eigenvalue weighted by molar-refractivity contribution is 7.99. The maximum atomic E-state index is 12.3. The number of nitrogens with zero attached hydrogens (tertiary/aromatic N) is 1. The van der Waals surface area contributed by atoms with Crippen molar-refractivity contribution in [3.8, 4) is 11.5 Å². The third-order valence-corrected chi connectivity index (χ3v) is 4.20. The third kappa shape index (κ3) is 2.12. The quantitative estimate of drug-likeness (QED) is 0.793. The predicted molar refractivity (Wildman–Crippen MR) is 70.8 cm³/mol. The molecule has 0 spiro atoms. The van der Waals surface area contributed by atoms with Gasteiger partial charge in [0.1, 0.15) is 0 Å². The predicted octanol–water partition coefficient (Wildman–Crippen LogP) is 2.26. The molecule has 0 bridgehead atoms. The van der Waals surface area contributed by atoms with Gasteiger partial charge in [-0.15, -0.1) is 0 Å². The fraction of sp³-hybridized carbons (Fsp3) is 0.417. The molecule has 0 aromatic heterocycles. The van der Waals surface area contributed by atoms with Crippen LogP contribution in [-0.2, 0) is 0 Å². The molecule has 1 aromatic rings. The Morgan fingerprint density at radius 3 is 2.83 bits per heavy atom. The van der Waals surface area contributed by atoms with Crippen molar-refractivity contribution in [2.45, 2.75) is 0 Å². The van der Waals surface area contributed by atoms with Crippen molar-refractivity contribution < 1.29 is 14.3 Å². The molecule has 0 saturated carbocycles. The normalized spacial score (nSPS) is 17.9. The minimum Gasteiger partial charge on any atom is -0.454 e. The van der Waals surface area contributed by atoms with E-state index in [1.54, 1.807) is 12.1 Å². The van der Waals surface area contributed by atoms with Gasteiger partial charge in [-0.1, -0.05) is 11.6 Å². The maximum Gasteiger partial charge on any atom is 0.254 e. The molecule has 0 N–H and O–H groups in total. The second kappa shape index (κ2) is 4.90. The highest BCUT2D eigenvalue weighted by Crippen LogP contribution is 2.40. The van der Waals surface area contributed by atoms with Crippen molar-refractivity contribution >= 4 is 29.3 Å². The number of fused-ring (bicyclic) bond motifs is 1. The minimum absolute atomic E-state index is 0.00972. The molecule has 3 rings (SSSR count). The average molecular weight is 286 g/mol. The van der Waals surface area contributed by atoms with E-state index in [9.17, 15) is 4.79 Å². The van der Waals surface area contributed by atoms with E-state index in [0.29, 0.717) is 22.1 Å². The monoisotopic (exact) mass is 285 g/mol. The molecule has 0 aliphatic carbocycles. The van der Waals surface area contributed by atoms with Gasteiger partial charge in [0.25, 0.3) is 5.91 Å². The lowest BCUT2D eigenvalue weighted by Gasteiger charge is -2.26. The van der Waals surface area contributed by atoms with Crippen LogP contribution in [0.4, 0.5) is 0 Å². The second-order valence-corrected chi connectivity index (χ2v) is 5.73. The number of amides is 1. The topological polar surface area (TPSA) is 38.8 Å². The first-order valence-electron chi connectivity index (χ1n) is 5.72. The Hall–Kier alpha value is -1.07. The van der Waals surface area contributed by atoms with Crippen molar-refractivity contribution in [2.75, 3.05) is 31.4 Å². The van der Waals surface area contributed by atoms with Gasteiger partial charge in [-0.05, 0) is 12.1 Å².